The second-order valence-corrected chi connectivity index (χ2v) is 9.29. The van der Waals surface area contributed by atoms with E-state index in [-0.39, 0.29) is 0 Å². The highest BCUT2D eigenvalue weighted by molar-refractivity contribution is 7.89. The van der Waals surface area contributed by atoms with Gasteiger partial charge in [0, 0.05) is 39.8 Å². The highest BCUT2D eigenvalue weighted by Crippen LogP contribution is 2.21. The van der Waals surface area contributed by atoms with E-state index in [4.69, 9.17) is 0 Å². The van der Waals surface area contributed by atoms with E-state index in [1.54, 1.807) is 16.4 Å². The summed E-state index contributed by atoms with van der Waals surface area (Å²) in [6, 6.07) is 7.22. The Morgan fingerprint density at radius 1 is 1.15 bits per heavy atom. The third-order valence-corrected chi connectivity index (χ3v) is 7.16. The first-order valence-electron chi connectivity index (χ1n) is 9.55. The zero-order valence-electron chi connectivity index (χ0n) is 15.8. The molecule has 0 saturated carbocycles. The lowest BCUT2D eigenvalue weighted by molar-refractivity contribution is 0.266. The monoisotopic (exact) mass is 378 g/mol. The van der Waals surface area contributed by atoms with Gasteiger partial charge in [0.15, 0.2) is 5.96 Å². The third-order valence-electron chi connectivity index (χ3n) is 5.25. The molecule has 2 fully saturated rings. The summed E-state index contributed by atoms with van der Waals surface area (Å²) in [6.07, 6.45) is 4.39. The van der Waals surface area contributed by atoms with Gasteiger partial charge < -0.3 is 10.2 Å². The second kappa shape index (κ2) is 8.39. The molecule has 0 amide bonds. The van der Waals surface area contributed by atoms with Gasteiger partial charge in [-0.25, -0.2) is 8.42 Å². The minimum atomic E-state index is -3.33. The molecule has 2 heterocycles. The maximum atomic E-state index is 12.6. The Bertz CT molecular complexity index is 724. The van der Waals surface area contributed by atoms with Crippen LogP contribution in [0.5, 0.6) is 0 Å². The standard InChI is InChI=1S/C19H30N4O2S/c1-16-6-5-11-22(15-16)19(20-2)21-14-17-7-9-18(10-8-17)26(24,25)23-12-3-4-13-23/h7-10,16H,3-6,11-15H2,1-2H3,(H,20,21). The van der Waals surface area contributed by atoms with Crippen molar-refractivity contribution < 1.29 is 8.42 Å². The molecule has 2 saturated heterocycles. The number of sulfonamides is 1. The minimum Gasteiger partial charge on any atom is -0.352 e. The number of nitrogens with one attached hydrogen (secondary N) is 1. The average molecular weight is 379 g/mol. The van der Waals surface area contributed by atoms with Crippen LogP contribution in [0.1, 0.15) is 38.2 Å². The lowest BCUT2D eigenvalue weighted by Crippen LogP contribution is -2.45. The Balaban J connectivity index is 1.60. The molecule has 1 aromatic carbocycles. The number of piperidine rings is 1. The van der Waals surface area contributed by atoms with E-state index in [1.807, 2.05) is 19.2 Å². The quantitative estimate of drug-likeness (QED) is 0.645. The lowest BCUT2D eigenvalue weighted by atomic mass is 10.0. The molecule has 1 aromatic rings. The molecular weight excluding hydrogens is 348 g/mol. The molecule has 2 aliphatic rings. The van der Waals surface area contributed by atoms with Crippen molar-refractivity contribution in [2.75, 3.05) is 33.2 Å². The lowest BCUT2D eigenvalue weighted by Gasteiger charge is -2.33. The molecule has 1 atom stereocenters. The largest absolute Gasteiger partial charge is 0.352 e. The molecule has 3 rings (SSSR count). The Morgan fingerprint density at radius 3 is 2.46 bits per heavy atom. The average Bonchev–Trinajstić information content (AvgIpc) is 3.18. The molecule has 0 bridgehead atoms. The minimum absolute atomic E-state index is 0.386. The molecule has 0 spiro atoms. The molecule has 7 heteroatoms. The zero-order chi connectivity index (χ0) is 18.6. The van der Waals surface area contributed by atoms with Gasteiger partial charge in [0.25, 0.3) is 0 Å². The van der Waals surface area contributed by atoms with Gasteiger partial charge in [-0.2, -0.15) is 4.31 Å². The summed E-state index contributed by atoms with van der Waals surface area (Å²) in [4.78, 5) is 7.09. The summed E-state index contributed by atoms with van der Waals surface area (Å²) in [5.41, 5.74) is 1.05. The fourth-order valence-electron chi connectivity index (χ4n) is 3.75. The maximum absolute atomic E-state index is 12.6. The van der Waals surface area contributed by atoms with Crippen LogP contribution in [-0.4, -0.2) is 56.8 Å². The van der Waals surface area contributed by atoms with Gasteiger partial charge in [-0.3, -0.25) is 4.99 Å². The van der Waals surface area contributed by atoms with Gasteiger partial charge in [0.1, 0.15) is 0 Å². The van der Waals surface area contributed by atoms with Crippen molar-refractivity contribution in [1.29, 1.82) is 0 Å². The number of rotatable bonds is 4. The molecule has 2 aliphatic heterocycles. The molecule has 0 aromatic heterocycles. The van der Waals surface area contributed by atoms with Gasteiger partial charge in [-0.1, -0.05) is 19.1 Å². The van der Waals surface area contributed by atoms with Gasteiger partial charge in [0.2, 0.25) is 10.0 Å². The Hall–Kier alpha value is -1.60. The van der Waals surface area contributed by atoms with E-state index in [9.17, 15) is 8.42 Å². The summed E-state index contributed by atoms with van der Waals surface area (Å²) in [6.45, 7) is 6.26. The molecule has 1 unspecified atom stereocenters. The predicted octanol–water partition coefficient (Wildman–Crippen LogP) is 2.28. The van der Waals surface area contributed by atoms with Crippen LogP contribution in [0, 0.1) is 5.92 Å². The molecule has 0 radical (unpaired) electrons. The highest BCUT2D eigenvalue weighted by Gasteiger charge is 2.27. The normalized spacial score (nSPS) is 22.6. The predicted molar refractivity (Wildman–Crippen MR) is 105 cm³/mol. The van der Waals surface area contributed by atoms with Crippen molar-refractivity contribution in [1.82, 2.24) is 14.5 Å². The number of hydrogen-bond donors (Lipinski definition) is 1. The van der Waals surface area contributed by atoms with Crippen LogP contribution in [0.2, 0.25) is 0 Å². The first-order chi connectivity index (χ1) is 12.5. The van der Waals surface area contributed by atoms with Crippen LogP contribution in [0.3, 0.4) is 0 Å². The number of guanidine groups is 1. The van der Waals surface area contributed by atoms with E-state index in [1.165, 1.54) is 12.8 Å². The van der Waals surface area contributed by atoms with Crippen molar-refractivity contribution in [3.05, 3.63) is 29.8 Å². The van der Waals surface area contributed by atoms with Crippen molar-refractivity contribution >= 4 is 16.0 Å². The van der Waals surface area contributed by atoms with E-state index in [0.29, 0.717) is 30.4 Å². The number of aliphatic imine (C=N–C) groups is 1. The van der Waals surface area contributed by atoms with Gasteiger partial charge in [-0.05, 0) is 49.3 Å². The smallest absolute Gasteiger partial charge is 0.243 e. The number of hydrogen-bond acceptors (Lipinski definition) is 3. The van der Waals surface area contributed by atoms with Gasteiger partial charge in [0.05, 0.1) is 4.90 Å². The zero-order valence-corrected chi connectivity index (χ0v) is 16.6. The summed E-state index contributed by atoms with van der Waals surface area (Å²) in [7, 11) is -1.52. The Kier molecular flexibility index (Phi) is 6.19. The molecule has 1 N–H and O–H groups in total. The van der Waals surface area contributed by atoms with E-state index in [0.717, 1.165) is 37.5 Å². The van der Waals surface area contributed by atoms with E-state index < -0.39 is 10.0 Å². The fourth-order valence-corrected chi connectivity index (χ4v) is 5.27. The van der Waals surface area contributed by atoms with Gasteiger partial charge >= 0.3 is 0 Å². The first-order valence-corrected chi connectivity index (χ1v) is 11.0. The maximum Gasteiger partial charge on any atom is 0.243 e. The van der Waals surface area contributed by atoms with Crippen LogP contribution in [0.15, 0.2) is 34.2 Å². The molecule has 26 heavy (non-hydrogen) atoms. The Labute approximate surface area is 157 Å². The van der Waals surface area contributed by atoms with E-state index in [2.05, 4.69) is 22.1 Å². The molecule has 144 valence electrons. The van der Waals surface area contributed by atoms with Crippen molar-refractivity contribution in [3.8, 4) is 0 Å². The highest BCUT2D eigenvalue weighted by atomic mass is 32.2. The summed E-state index contributed by atoms with van der Waals surface area (Å²) >= 11 is 0. The van der Waals surface area contributed by atoms with Crippen LogP contribution >= 0.6 is 0 Å². The van der Waals surface area contributed by atoms with Crippen LogP contribution in [0.4, 0.5) is 0 Å². The number of benzene rings is 1. The van der Waals surface area contributed by atoms with Crippen molar-refractivity contribution in [2.24, 2.45) is 10.9 Å². The van der Waals surface area contributed by atoms with Crippen molar-refractivity contribution in [2.45, 2.75) is 44.0 Å². The van der Waals surface area contributed by atoms with E-state index >= 15 is 0 Å². The second-order valence-electron chi connectivity index (χ2n) is 7.35. The number of nitrogens with zero attached hydrogens (tertiary/aromatic N) is 3. The van der Waals surface area contributed by atoms with Crippen LogP contribution < -0.4 is 5.32 Å². The van der Waals surface area contributed by atoms with Gasteiger partial charge in [-0.15, -0.1) is 0 Å². The molecule has 6 nitrogen and oxygen atoms in total. The summed E-state index contributed by atoms with van der Waals surface area (Å²) in [5.74, 6) is 1.61. The molecule has 0 aliphatic carbocycles. The van der Waals surface area contributed by atoms with Crippen LogP contribution in [0.25, 0.3) is 0 Å². The van der Waals surface area contributed by atoms with Crippen molar-refractivity contribution in [3.63, 3.8) is 0 Å². The summed E-state index contributed by atoms with van der Waals surface area (Å²) in [5, 5.41) is 3.41. The third kappa shape index (κ3) is 4.38. The number of likely N-dealkylation sites (tertiary alicyclic amines) is 1. The molecular formula is C19H30N4O2S. The SMILES string of the molecule is CN=C(NCc1ccc(S(=O)(=O)N2CCCC2)cc1)N1CCCC(C)C1. The first kappa shape index (κ1) is 19.2. The summed E-state index contributed by atoms with van der Waals surface area (Å²) < 4.78 is 26.7. The fraction of sp³-hybridized carbons (Fsp3) is 0.632. The Morgan fingerprint density at radius 2 is 1.85 bits per heavy atom. The topological polar surface area (TPSA) is 65.0 Å². The van der Waals surface area contributed by atoms with Crippen LogP contribution in [-0.2, 0) is 16.6 Å².